The quantitative estimate of drug-likeness (QED) is 0.690. The standard InChI is InChI=1S/C17H35N3/c1-3-7-17(15-18-10-4-2)20-13-11-19(12-14-20)16-8-5-6-9-16/h16-18H,3-15H2,1-2H3. The van der Waals surface area contributed by atoms with Crippen molar-refractivity contribution in [2.24, 2.45) is 0 Å². The van der Waals surface area contributed by atoms with E-state index < -0.39 is 0 Å². The molecule has 0 radical (unpaired) electrons. The Labute approximate surface area is 126 Å². The van der Waals surface area contributed by atoms with Crippen molar-refractivity contribution in [2.75, 3.05) is 39.3 Å². The molecule has 1 unspecified atom stereocenters. The zero-order valence-electron chi connectivity index (χ0n) is 13.7. The van der Waals surface area contributed by atoms with Gasteiger partial charge in [-0.3, -0.25) is 9.80 Å². The van der Waals surface area contributed by atoms with Crippen LogP contribution in [0.3, 0.4) is 0 Å². The third-order valence-corrected chi connectivity index (χ3v) is 5.13. The molecule has 2 aliphatic rings. The molecule has 2 rings (SSSR count). The Balaban J connectivity index is 1.73. The van der Waals surface area contributed by atoms with Crippen molar-refractivity contribution >= 4 is 0 Å². The van der Waals surface area contributed by atoms with Gasteiger partial charge in [0.2, 0.25) is 0 Å². The number of piperazine rings is 1. The first-order chi connectivity index (χ1) is 9.85. The lowest BCUT2D eigenvalue weighted by Crippen LogP contribution is -2.54. The number of nitrogens with zero attached hydrogens (tertiary/aromatic N) is 2. The van der Waals surface area contributed by atoms with Gasteiger partial charge in [-0.25, -0.2) is 0 Å². The minimum absolute atomic E-state index is 0.761. The summed E-state index contributed by atoms with van der Waals surface area (Å²) >= 11 is 0. The molecule has 1 aliphatic carbocycles. The molecule has 0 aromatic heterocycles. The maximum absolute atomic E-state index is 3.63. The smallest absolute Gasteiger partial charge is 0.0221 e. The van der Waals surface area contributed by atoms with Crippen LogP contribution in [-0.4, -0.2) is 61.2 Å². The second-order valence-corrected chi connectivity index (χ2v) is 6.66. The first-order valence-electron chi connectivity index (χ1n) is 9.04. The Kier molecular flexibility index (Phi) is 7.32. The topological polar surface area (TPSA) is 18.5 Å². The van der Waals surface area contributed by atoms with Crippen molar-refractivity contribution in [3.8, 4) is 0 Å². The molecular formula is C17H35N3. The molecule has 0 aromatic carbocycles. The van der Waals surface area contributed by atoms with Gasteiger partial charge in [-0.1, -0.05) is 33.1 Å². The molecule has 1 aliphatic heterocycles. The molecule has 0 bridgehead atoms. The lowest BCUT2D eigenvalue weighted by Gasteiger charge is -2.41. The zero-order chi connectivity index (χ0) is 14.2. The largest absolute Gasteiger partial charge is 0.315 e. The van der Waals surface area contributed by atoms with Crippen LogP contribution in [0.2, 0.25) is 0 Å². The van der Waals surface area contributed by atoms with Gasteiger partial charge in [0.25, 0.3) is 0 Å². The van der Waals surface area contributed by atoms with Crippen LogP contribution in [0, 0.1) is 0 Å². The number of rotatable bonds is 8. The fraction of sp³-hybridized carbons (Fsp3) is 1.00. The summed E-state index contributed by atoms with van der Waals surface area (Å²) in [6, 6.07) is 1.68. The third-order valence-electron chi connectivity index (χ3n) is 5.13. The van der Waals surface area contributed by atoms with Crippen LogP contribution in [0.15, 0.2) is 0 Å². The molecule has 118 valence electrons. The Morgan fingerprint density at radius 2 is 1.70 bits per heavy atom. The molecule has 1 saturated heterocycles. The van der Waals surface area contributed by atoms with Crippen LogP contribution in [-0.2, 0) is 0 Å². The van der Waals surface area contributed by atoms with Crippen LogP contribution in [0.4, 0.5) is 0 Å². The van der Waals surface area contributed by atoms with Crippen LogP contribution >= 0.6 is 0 Å². The van der Waals surface area contributed by atoms with E-state index >= 15 is 0 Å². The lowest BCUT2D eigenvalue weighted by molar-refractivity contribution is 0.0670. The van der Waals surface area contributed by atoms with Crippen molar-refractivity contribution in [1.82, 2.24) is 15.1 Å². The summed E-state index contributed by atoms with van der Waals surface area (Å²) < 4.78 is 0. The summed E-state index contributed by atoms with van der Waals surface area (Å²) in [5.41, 5.74) is 0. The first-order valence-corrected chi connectivity index (χ1v) is 9.04. The van der Waals surface area contributed by atoms with Crippen molar-refractivity contribution in [2.45, 2.75) is 70.9 Å². The fourth-order valence-electron chi connectivity index (χ4n) is 3.93. The van der Waals surface area contributed by atoms with Gasteiger partial charge in [0.1, 0.15) is 0 Å². The van der Waals surface area contributed by atoms with Gasteiger partial charge < -0.3 is 5.32 Å². The molecular weight excluding hydrogens is 246 g/mol. The lowest BCUT2D eigenvalue weighted by atomic mass is 10.1. The highest BCUT2D eigenvalue weighted by Gasteiger charge is 2.28. The van der Waals surface area contributed by atoms with Crippen LogP contribution < -0.4 is 5.32 Å². The summed E-state index contributed by atoms with van der Waals surface area (Å²) in [7, 11) is 0. The van der Waals surface area contributed by atoms with Gasteiger partial charge in [-0.15, -0.1) is 0 Å². The molecule has 1 N–H and O–H groups in total. The van der Waals surface area contributed by atoms with Gasteiger partial charge in [-0.2, -0.15) is 0 Å². The predicted octanol–water partition coefficient (Wildman–Crippen LogP) is 2.71. The highest BCUT2D eigenvalue weighted by atomic mass is 15.3. The van der Waals surface area contributed by atoms with Crippen LogP contribution in [0.1, 0.15) is 58.8 Å². The number of hydrogen-bond donors (Lipinski definition) is 1. The first kappa shape index (κ1) is 16.3. The molecule has 20 heavy (non-hydrogen) atoms. The molecule has 1 atom stereocenters. The van der Waals surface area contributed by atoms with Gasteiger partial charge in [0, 0.05) is 44.8 Å². The normalized spacial score (nSPS) is 24.3. The van der Waals surface area contributed by atoms with E-state index in [2.05, 4.69) is 29.0 Å². The number of nitrogens with one attached hydrogen (secondary N) is 1. The summed E-state index contributed by atoms with van der Waals surface area (Å²) in [5, 5.41) is 3.63. The predicted molar refractivity (Wildman–Crippen MR) is 87.3 cm³/mol. The monoisotopic (exact) mass is 281 g/mol. The summed E-state index contributed by atoms with van der Waals surface area (Å²) in [6.07, 6.45) is 9.73. The maximum atomic E-state index is 3.63. The Hall–Kier alpha value is -0.120. The minimum Gasteiger partial charge on any atom is -0.315 e. The average molecular weight is 281 g/mol. The Morgan fingerprint density at radius 1 is 1.00 bits per heavy atom. The van der Waals surface area contributed by atoms with Crippen molar-refractivity contribution in [1.29, 1.82) is 0 Å². The van der Waals surface area contributed by atoms with E-state index in [1.807, 2.05) is 0 Å². The van der Waals surface area contributed by atoms with E-state index in [0.29, 0.717) is 0 Å². The summed E-state index contributed by atoms with van der Waals surface area (Å²) in [5.74, 6) is 0. The van der Waals surface area contributed by atoms with E-state index in [4.69, 9.17) is 0 Å². The minimum atomic E-state index is 0.761. The molecule has 0 amide bonds. The van der Waals surface area contributed by atoms with E-state index in [0.717, 1.165) is 12.1 Å². The van der Waals surface area contributed by atoms with Crippen molar-refractivity contribution in [3.05, 3.63) is 0 Å². The second kappa shape index (κ2) is 9.01. The molecule has 3 nitrogen and oxygen atoms in total. The van der Waals surface area contributed by atoms with Gasteiger partial charge in [-0.05, 0) is 32.2 Å². The van der Waals surface area contributed by atoms with E-state index in [9.17, 15) is 0 Å². The van der Waals surface area contributed by atoms with Crippen LogP contribution in [0.5, 0.6) is 0 Å². The molecule has 1 heterocycles. The molecule has 0 spiro atoms. The highest BCUT2D eigenvalue weighted by molar-refractivity contribution is 4.85. The molecule has 1 saturated carbocycles. The second-order valence-electron chi connectivity index (χ2n) is 6.66. The Bertz CT molecular complexity index is 243. The third kappa shape index (κ3) is 4.71. The fourth-order valence-corrected chi connectivity index (χ4v) is 3.93. The van der Waals surface area contributed by atoms with Crippen LogP contribution in [0.25, 0.3) is 0 Å². The molecule has 3 heteroatoms. The SMILES string of the molecule is CCCNCC(CCC)N1CCN(C2CCCC2)CC1. The Morgan fingerprint density at radius 3 is 2.30 bits per heavy atom. The van der Waals surface area contributed by atoms with Gasteiger partial charge >= 0.3 is 0 Å². The number of hydrogen-bond acceptors (Lipinski definition) is 3. The van der Waals surface area contributed by atoms with E-state index in [-0.39, 0.29) is 0 Å². The summed E-state index contributed by atoms with van der Waals surface area (Å²) in [6.45, 7) is 12.1. The summed E-state index contributed by atoms with van der Waals surface area (Å²) in [4.78, 5) is 5.52. The van der Waals surface area contributed by atoms with E-state index in [1.165, 1.54) is 84.2 Å². The van der Waals surface area contributed by atoms with Crippen molar-refractivity contribution in [3.63, 3.8) is 0 Å². The van der Waals surface area contributed by atoms with Gasteiger partial charge in [0.05, 0.1) is 0 Å². The average Bonchev–Trinajstić information content (AvgIpc) is 3.01. The molecule has 0 aromatic rings. The van der Waals surface area contributed by atoms with E-state index in [1.54, 1.807) is 0 Å². The molecule has 2 fully saturated rings. The highest BCUT2D eigenvalue weighted by Crippen LogP contribution is 2.24. The zero-order valence-corrected chi connectivity index (χ0v) is 13.7. The maximum Gasteiger partial charge on any atom is 0.0221 e. The van der Waals surface area contributed by atoms with Crippen molar-refractivity contribution < 1.29 is 0 Å². The van der Waals surface area contributed by atoms with Gasteiger partial charge in [0.15, 0.2) is 0 Å².